The van der Waals surface area contributed by atoms with E-state index in [1.807, 2.05) is 31.2 Å². The molecule has 0 radical (unpaired) electrons. The third kappa shape index (κ3) is 3.00. The van der Waals surface area contributed by atoms with Crippen molar-refractivity contribution in [1.82, 2.24) is 9.97 Å². The molecule has 0 aliphatic carbocycles. The lowest BCUT2D eigenvalue weighted by atomic mass is 10.1. The topological polar surface area (TPSA) is 80.9 Å². The molecule has 0 bridgehead atoms. The van der Waals surface area contributed by atoms with Gasteiger partial charge in [0.25, 0.3) is 0 Å². The van der Waals surface area contributed by atoms with Crippen molar-refractivity contribution in [2.75, 3.05) is 11.1 Å². The molecule has 5 nitrogen and oxygen atoms in total. The number of thiazole rings is 1. The van der Waals surface area contributed by atoms with E-state index in [2.05, 4.69) is 15.3 Å². The van der Waals surface area contributed by atoms with E-state index in [1.165, 1.54) is 11.3 Å². The zero-order valence-corrected chi connectivity index (χ0v) is 12.3. The maximum atomic E-state index is 12.1. The number of fused-ring (bicyclic) bond motifs is 1. The van der Waals surface area contributed by atoms with Gasteiger partial charge < -0.3 is 11.1 Å². The summed E-state index contributed by atoms with van der Waals surface area (Å²) < 4.78 is 0.976. The molecule has 0 saturated carbocycles. The number of carbonyl (C=O) groups excluding carboxylic acids is 1. The monoisotopic (exact) mass is 298 g/mol. The number of hydrogen-bond acceptors (Lipinski definition) is 5. The molecule has 3 rings (SSSR count). The fraction of sp³-hybridized carbons (Fsp3) is 0.133. The summed E-state index contributed by atoms with van der Waals surface area (Å²) in [4.78, 5) is 20.3. The summed E-state index contributed by atoms with van der Waals surface area (Å²) in [5, 5.41) is 3.44. The predicted molar refractivity (Wildman–Crippen MR) is 85.3 cm³/mol. The van der Waals surface area contributed by atoms with Gasteiger partial charge >= 0.3 is 0 Å². The number of nitrogen functional groups attached to an aromatic ring is 1. The number of nitrogens with one attached hydrogen (secondary N) is 1. The zero-order valence-electron chi connectivity index (χ0n) is 11.5. The van der Waals surface area contributed by atoms with Gasteiger partial charge in [0.15, 0.2) is 5.13 Å². The number of aryl methyl sites for hydroxylation is 1. The molecule has 2 aromatic heterocycles. The average Bonchev–Trinajstić information content (AvgIpc) is 2.81. The summed E-state index contributed by atoms with van der Waals surface area (Å²) in [6.07, 6.45) is 3.68. The Hall–Kier alpha value is -2.47. The highest BCUT2D eigenvalue weighted by molar-refractivity contribution is 7.22. The molecule has 21 heavy (non-hydrogen) atoms. The van der Waals surface area contributed by atoms with Crippen LogP contribution >= 0.6 is 11.3 Å². The number of rotatable bonds is 3. The molecule has 106 valence electrons. The van der Waals surface area contributed by atoms with Crippen LogP contribution in [0.2, 0.25) is 0 Å². The lowest BCUT2D eigenvalue weighted by Gasteiger charge is -2.06. The standard InChI is InChI=1S/C15H14N4OS/c1-9-5-11(7-12-14(9)19-15(16)21-12)18-13(20)6-10-3-2-4-17-8-10/h2-5,7-8H,6H2,1H3,(H2,16,19)(H,18,20). The van der Waals surface area contributed by atoms with Gasteiger partial charge in [-0.05, 0) is 36.2 Å². The largest absolute Gasteiger partial charge is 0.375 e. The summed E-state index contributed by atoms with van der Waals surface area (Å²) >= 11 is 1.42. The molecule has 0 aliphatic heterocycles. The fourth-order valence-electron chi connectivity index (χ4n) is 2.18. The molecule has 3 N–H and O–H groups in total. The molecule has 0 aliphatic rings. The highest BCUT2D eigenvalue weighted by atomic mass is 32.1. The molecule has 3 aromatic rings. The summed E-state index contributed by atoms with van der Waals surface area (Å²) in [6, 6.07) is 7.50. The molecule has 2 heterocycles. The minimum absolute atomic E-state index is 0.0702. The third-order valence-corrected chi connectivity index (χ3v) is 3.90. The van der Waals surface area contributed by atoms with Gasteiger partial charge in [-0.3, -0.25) is 9.78 Å². The van der Waals surface area contributed by atoms with Crippen molar-refractivity contribution in [3.8, 4) is 0 Å². The van der Waals surface area contributed by atoms with E-state index in [-0.39, 0.29) is 5.91 Å². The summed E-state index contributed by atoms with van der Waals surface area (Å²) in [6.45, 7) is 1.96. The Kier molecular flexibility index (Phi) is 3.53. The van der Waals surface area contributed by atoms with E-state index in [1.54, 1.807) is 12.4 Å². The SMILES string of the molecule is Cc1cc(NC(=O)Cc2cccnc2)cc2sc(N)nc12. The molecule has 0 fully saturated rings. The Labute approximate surface area is 125 Å². The highest BCUT2D eigenvalue weighted by Gasteiger charge is 2.09. The molecule has 0 unspecified atom stereocenters. The van der Waals surface area contributed by atoms with Crippen molar-refractivity contribution < 1.29 is 4.79 Å². The van der Waals surface area contributed by atoms with Crippen LogP contribution in [-0.2, 0) is 11.2 Å². The smallest absolute Gasteiger partial charge is 0.228 e. The Morgan fingerprint density at radius 3 is 3.05 bits per heavy atom. The molecule has 6 heteroatoms. The van der Waals surface area contributed by atoms with Gasteiger partial charge in [-0.1, -0.05) is 17.4 Å². The van der Waals surface area contributed by atoms with Crippen LogP contribution in [0.5, 0.6) is 0 Å². The van der Waals surface area contributed by atoms with E-state index >= 15 is 0 Å². The second-order valence-electron chi connectivity index (χ2n) is 4.78. The van der Waals surface area contributed by atoms with Crippen molar-refractivity contribution >= 4 is 38.3 Å². The first kappa shape index (κ1) is 13.5. The van der Waals surface area contributed by atoms with Crippen LogP contribution < -0.4 is 11.1 Å². The number of hydrogen-bond donors (Lipinski definition) is 2. The van der Waals surface area contributed by atoms with Crippen molar-refractivity contribution in [1.29, 1.82) is 0 Å². The van der Waals surface area contributed by atoms with Gasteiger partial charge in [0.05, 0.1) is 16.6 Å². The summed E-state index contributed by atoms with van der Waals surface area (Å²) in [5.74, 6) is -0.0702. The van der Waals surface area contributed by atoms with Gasteiger partial charge in [0.2, 0.25) is 5.91 Å². The lowest BCUT2D eigenvalue weighted by molar-refractivity contribution is -0.115. The van der Waals surface area contributed by atoms with Gasteiger partial charge in [0, 0.05) is 18.1 Å². The van der Waals surface area contributed by atoms with Crippen molar-refractivity contribution in [3.63, 3.8) is 0 Å². The molecular formula is C15H14N4OS. The van der Waals surface area contributed by atoms with Gasteiger partial charge in [-0.15, -0.1) is 0 Å². The Balaban J connectivity index is 1.80. The number of anilines is 2. The summed E-state index contributed by atoms with van der Waals surface area (Å²) in [7, 11) is 0. The lowest BCUT2D eigenvalue weighted by Crippen LogP contribution is -2.14. The average molecular weight is 298 g/mol. The van der Waals surface area contributed by atoms with E-state index in [0.29, 0.717) is 11.6 Å². The Bertz CT molecular complexity index is 798. The van der Waals surface area contributed by atoms with E-state index in [9.17, 15) is 4.79 Å². The Morgan fingerprint density at radius 2 is 2.29 bits per heavy atom. The minimum Gasteiger partial charge on any atom is -0.375 e. The van der Waals surface area contributed by atoms with Crippen molar-refractivity contribution in [2.24, 2.45) is 0 Å². The Morgan fingerprint density at radius 1 is 1.43 bits per heavy atom. The maximum absolute atomic E-state index is 12.1. The van der Waals surface area contributed by atoms with Gasteiger partial charge in [0.1, 0.15) is 0 Å². The van der Waals surface area contributed by atoms with E-state index < -0.39 is 0 Å². The third-order valence-electron chi connectivity index (χ3n) is 3.07. The van der Waals surface area contributed by atoms with Gasteiger partial charge in [-0.2, -0.15) is 0 Å². The first-order valence-corrected chi connectivity index (χ1v) is 7.29. The minimum atomic E-state index is -0.0702. The quantitative estimate of drug-likeness (QED) is 0.779. The highest BCUT2D eigenvalue weighted by Crippen LogP contribution is 2.29. The first-order chi connectivity index (χ1) is 10.1. The van der Waals surface area contributed by atoms with Crippen LogP contribution in [-0.4, -0.2) is 15.9 Å². The van der Waals surface area contributed by atoms with Crippen LogP contribution in [0.25, 0.3) is 10.2 Å². The fourth-order valence-corrected chi connectivity index (χ4v) is 3.03. The number of benzene rings is 1. The normalized spacial score (nSPS) is 10.7. The molecule has 0 spiro atoms. The van der Waals surface area contributed by atoms with Crippen LogP contribution in [0.1, 0.15) is 11.1 Å². The van der Waals surface area contributed by atoms with E-state index in [4.69, 9.17) is 5.73 Å². The molecule has 0 saturated heterocycles. The molecule has 1 aromatic carbocycles. The van der Waals surface area contributed by atoms with Crippen molar-refractivity contribution in [3.05, 3.63) is 47.8 Å². The van der Waals surface area contributed by atoms with Crippen molar-refractivity contribution in [2.45, 2.75) is 13.3 Å². The van der Waals surface area contributed by atoms with Gasteiger partial charge in [-0.25, -0.2) is 4.98 Å². The number of pyridine rings is 1. The second kappa shape index (κ2) is 5.49. The van der Waals surface area contributed by atoms with Crippen LogP contribution in [0, 0.1) is 6.92 Å². The van der Waals surface area contributed by atoms with Crippen LogP contribution in [0.3, 0.4) is 0 Å². The van der Waals surface area contributed by atoms with Crippen LogP contribution in [0.4, 0.5) is 10.8 Å². The number of nitrogens with two attached hydrogens (primary N) is 1. The van der Waals surface area contributed by atoms with Crippen LogP contribution in [0.15, 0.2) is 36.7 Å². The number of amides is 1. The number of aromatic nitrogens is 2. The maximum Gasteiger partial charge on any atom is 0.228 e. The molecule has 1 amide bonds. The molecular weight excluding hydrogens is 284 g/mol. The number of carbonyl (C=O) groups is 1. The number of nitrogens with zero attached hydrogens (tertiary/aromatic N) is 2. The van der Waals surface area contributed by atoms with E-state index in [0.717, 1.165) is 27.0 Å². The predicted octanol–water partition coefficient (Wildman–Crippen LogP) is 2.76. The summed E-state index contributed by atoms with van der Waals surface area (Å²) in [5.41, 5.74) is 9.26. The zero-order chi connectivity index (χ0) is 14.8. The second-order valence-corrected chi connectivity index (χ2v) is 5.84. The molecule has 0 atom stereocenters. The first-order valence-electron chi connectivity index (χ1n) is 6.47.